The monoisotopic (exact) mass is 378 g/mol. The summed E-state index contributed by atoms with van der Waals surface area (Å²) < 4.78 is 27.2. The van der Waals surface area contributed by atoms with Crippen LogP contribution in [0.15, 0.2) is 33.6 Å². The number of piperazine rings is 1. The molecule has 0 spiro atoms. The SMILES string of the molecule is O=S(=O)(c1ccccc1Br)N1CCN(CC(O)CO)CC1. The van der Waals surface area contributed by atoms with Crippen LogP contribution in [0.2, 0.25) is 0 Å². The van der Waals surface area contributed by atoms with Gasteiger partial charge in [-0.3, -0.25) is 4.90 Å². The van der Waals surface area contributed by atoms with Crippen LogP contribution in [0.1, 0.15) is 0 Å². The van der Waals surface area contributed by atoms with Gasteiger partial charge in [-0.15, -0.1) is 0 Å². The molecule has 8 heteroatoms. The van der Waals surface area contributed by atoms with Gasteiger partial charge in [-0.1, -0.05) is 12.1 Å². The van der Waals surface area contributed by atoms with E-state index in [2.05, 4.69) is 15.9 Å². The van der Waals surface area contributed by atoms with Crippen molar-refractivity contribution in [1.82, 2.24) is 9.21 Å². The lowest BCUT2D eigenvalue weighted by atomic mass is 10.3. The highest BCUT2D eigenvalue weighted by Gasteiger charge is 2.30. The van der Waals surface area contributed by atoms with E-state index in [-0.39, 0.29) is 11.5 Å². The van der Waals surface area contributed by atoms with E-state index in [1.165, 1.54) is 4.31 Å². The van der Waals surface area contributed by atoms with Crippen LogP contribution >= 0.6 is 15.9 Å². The molecular weight excluding hydrogens is 360 g/mol. The maximum Gasteiger partial charge on any atom is 0.244 e. The highest BCUT2D eigenvalue weighted by Crippen LogP contribution is 2.25. The van der Waals surface area contributed by atoms with E-state index in [4.69, 9.17) is 5.11 Å². The van der Waals surface area contributed by atoms with Gasteiger partial charge in [-0.2, -0.15) is 4.31 Å². The van der Waals surface area contributed by atoms with Crippen molar-refractivity contribution in [1.29, 1.82) is 0 Å². The van der Waals surface area contributed by atoms with Gasteiger partial charge in [0.15, 0.2) is 0 Å². The summed E-state index contributed by atoms with van der Waals surface area (Å²) in [6.45, 7) is 1.92. The van der Waals surface area contributed by atoms with Gasteiger partial charge in [-0.05, 0) is 28.1 Å². The Labute approximate surface area is 133 Å². The molecule has 0 aromatic heterocycles. The molecule has 1 heterocycles. The van der Waals surface area contributed by atoms with E-state index in [1.54, 1.807) is 24.3 Å². The van der Waals surface area contributed by atoms with Crippen molar-refractivity contribution in [2.24, 2.45) is 0 Å². The third kappa shape index (κ3) is 4.02. The molecule has 21 heavy (non-hydrogen) atoms. The number of benzene rings is 1. The number of rotatable bonds is 5. The molecule has 118 valence electrons. The minimum absolute atomic E-state index is 0.272. The summed E-state index contributed by atoms with van der Waals surface area (Å²) in [6.07, 6.45) is -0.781. The van der Waals surface area contributed by atoms with Crippen molar-refractivity contribution in [3.05, 3.63) is 28.7 Å². The Balaban J connectivity index is 2.03. The molecule has 0 saturated carbocycles. The number of aliphatic hydroxyl groups is 2. The first-order chi connectivity index (χ1) is 9.95. The maximum atomic E-state index is 12.6. The normalized spacial score (nSPS) is 19.6. The van der Waals surface area contributed by atoms with Gasteiger partial charge in [-0.25, -0.2) is 8.42 Å². The molecule has 1 aromatic carbocycles. The molecule has 0 aliphatic carbocycles. The van der Waals surface area contributed by atoms with Gasteiger partial charge >= 0.3 is 0 Å². The zero-order valence-corrected chi connectivity index (χ0v) is 13.9. The van der Waals surface area contributed by atoms with E-state index in [1.807, 2.05) is 4.90 Å². The van der Waals surface area contributed by atoms with E-state index >= 15 is 0 Å². The largest absolute Gasteiger partial charge is 0.394 e. The van der Waals surface area contributed by atoms with E-state index in [0.717, 1.165) is 0 Å². The average Bonchev–Trinajstić information content (AvgIpc) is 2.48. The number of halogens is 1. The molecule has 1 aliphatic heterocycles. The second kappa shape index (κ2) is 7.17. The fourth-order valence-corrected chi connectivity index (χ4v) is 4.69. The number of hydrogen-bond acceptors (Lipinski definition) is 5. The highest BCUT2D eigenvalue weighted by molar-refractivity contribution is 9.10. The van der Waals surface area contributed by atoms with Gasteiger partial charge < -0.3 is 10.2 Å². The molecule has 1 aromatic rings. The first-order valence-corrected chi connectivity index (χ1v) is 8.94. The van der Waals surface area contributed by atoms with Crippen LogP contribution < -0.4 is 0 Å². The first kappa shape index (κ1) is 16.9. The Kier molecular flexibility index (Phi) is 5.75. The molecule has 1 saturated heterocycles. The van der Waals surface area contributed by atoms with Crippen LogP contribution in [0, 0.1) is 0 Å². The number of nitrogens with zero attached hydrogens (tertiary/aromatic N) is 2. The van der Waals surface area contributed by atoms with E-state index < -0.39 is 16.1 Å². The van der Waals surface area contributed by atoms with Gasteiger partial charge in [0, 0.05) is 37.2 Å². The van der Waals surface area contributed by atoms with Crippen LogP contribution in [0.25, 0.3) is 0 Å². The predicted octanol–water partition coefficient (Wildman–Crippen LogP) is 0.109. The van der Waals surface area contributed by atoms with Crippen molar-refractivity contribution in [2.45, 2.75) is 11.0 Å². The lowest BCUT2D eigenvalue weighted by Crippen LogP contribution is -2.50. The quantitative estimate of drug-likeness (QED) is 0.759. The van der Waals surface area contributed by atoms with Crippen molar-refractivity contribution < 1.29 is 18.6 Å². The molecule has 1 fully saturated rings. The summed E-state index contributed by atoms with van der Waals surface area (Å²) in [5.41, 5.74) is 0. The van der Waals surface area contributed by atoms with Gasteiger partial charge in [0.1, 0.15) is 0 Å². The number of hydrogen-bond donors (Lipinski definition) is 2. The van der Waals surface area contributed by atoms with Crippen LogP contribution in [0.5, 0.6) is 0 Å². The third-order valence-electron chi connectivity index (χ3n) is 3.47. The van der Waals surface area contributed by atoms with Crippen molar-refractivity contribution in [3.8, 4) is 0 Å². The van der Waals surface area contributed by atoms with E-state index in [9.17, 15) is 13.5 Å². The van der Waals surface area contributed by atoms with Crippen molar-refractivity contribution in [3.63, 3.8) is 0 Å². The average molecular weight is 379 g/mol. The summed E-state index contributed by atoms with van der Waals surface area (Å²) >= 11 is 3.28. The summed E-state index contributed by atoms with van der Waals surface area (Å²) in [7, 11) is -3.50. The Hall–Kier alpha value is -0.510. The lowest BCUT2D eigenvalue weighted by molar-refractivity contribution is 0.0491. The maximum absolute atomic E-state index is 12.6. The number of sulfonamides is 1. The van der Waals surface area contributed by atoms with Gasteiger partial charge in [0.2, 0.25) is 10.0 Å². The van der Waals surface area contributed by atoms with Crippen LogP contribution in [0.3, 0.4) is 0 Å². The Bertz CT molecular complexity index is 573. The first-order valence-electron chi connectivity index (χ1n) is 6.71. The summed E-state index contributed by atoms with van der Waals surface area (Å²) in [4.78, 5) is 2.22. The smallest absolute Gasteiger partial charge is 0.244 e. The molecular formula is C13H19BrN2O4S. The predicted molar refractivity (Wildman–Crippen MR) is 82.4 cm³/mol. The number of aliphatic hydroxyl groups excluding tert-OH is 2. The molecule has 0 bridgehead atoms. The molecule has 1 aliphatic rings. The zero-order valence-electron chi connectivity index (χ0n) is 11.5. The minimum atomic E-state index is -3.50. The third-order valence-corrected chi connectivity index (χ3v) is 6.38. The zero-order chi connectivity index (χ0) is 15.5. The standard InChI is InChI=1S/C13H19BrN2O4S/c14-12-3-1-2-4-13(12)21(19,20)16-7-5-15(6-8-16)9-11(18)10-17/h1-4,11,17-18H,5-10H2. The Morgan fingerprint density at radius 2 is 1.81 bits per heavy atom. The fraction of sp³-hybridized carbons (Fsp3) is 0.538. The topological polar surface area (TPSA) is 81.1 Å². The Morgan fingerprint density at radius 3 is 2.38 bits per heavy atom. The highest BCUT2D eigenvalue weighted by atomic mass is 79.9. The molecule has 1 atom stereocenters. The second-order valence-electron chi connectivity index (χ2n) is 4.97. The van der Waals surface area contributed by atoms with Gasteiger partial charge in [0.05, 0.1) is 17.6 Å². The Morgan fingerprint density at radius 1 is 1.19 bits per heavy atom. The molecule has 2 rings (SSSR count). The summed E-state index contributed by atoms with van der Waals surface area (Å²) in [5.74, 6) is 0. The minimum Gasteiger partial charge on any atom is -0.394 e. The number of β-amino-alcohol motifs (C(OH)–C–C–N with tert-alkyl or cyclic N) is 1. The second-order valence-corrected chi connectivity index (χ2v) is 7.73. The van der Waals surface area contributed by atoms with E-state index in [0.29, 0.717) is 37.2 Å². The van der Waals surface area contributed by atoms with Gasteiger partial charge in [0.25, 0.3) is 0 Å². The lowest BCUT2D eigenvalue weighted by Gasteiger charge is -2.34. The molecule has 1 unspecified atom stereocenters. The molecule has 0 radical (unpaired) electrons. The van der Waals surface area contributed by atoms with Crippen molar-refractivity contribution >= 4 is 26.0 Å². The molecule has 0 amide bonds. The van der Waals surface area contributed by atoms with Crippen LogP contribution in [0.4, 0.5) is 0 Å². The summed E-state index contributed by atoms with van der Waals surface area (Å²) in [5, 5.41) is 18.3. The van der Waals surface area contributed by atoms with Crippen LogP contribution in [-0.4, -0.2) is 73.3 Å². The molecule has 6 nitrogen and oxygen atoms in total. The fourth-order valence-electron chi connectivity index (χ4n) is 2.30. The van der Waals surface area contributed by atoms with Crippen molar-refractivity contribution in [2.75, 3.05) is 39.3 Å². The summed E-state index contributed by atoms with van der Waals surface area (Å²) in [6, 6.07) is 6.77. The van der Waals surface area contributed by atoms with Crippen LogP contribution in [-0.2, 0) is 10.0 Å². The molecule has 2 N–H and O–H groups in total.